The Hall–Kier alpha value is -1.39. The van der Waals surface area contributed by atoms with Crippen LogP contribution in [0, 0.1) is 5.92 Å². The fourth-order valence-electron chi connectivity index (χ4n) is 1.96. The van der Waals surface area contributed by atoms with Gasteiger partial charge in [0.1, 0.15) is 0 Å². The van der Waals surface area contributed by atoms with Crippen LogP contribution in [0.25, 0.3) is 0 Å². The van der Waals surface area contributed by atoms with Gasteiger partial charge in [-0.25, -0.2) is 0 Å². The SMILES string of the molecule is CC(C)C[C@@H](N)C(=O)Nc1cccc(CN(C)C)c1. The number of anilines is 1. The molecule has 0 unspecified atom stereocenters. The van der Waals surface area contributed by atoms with Crippen molar-refractivity contribution in [2.45, 2.75) is 32.9 Å². The van der Waals surface area contributed by atoms with Crippen molar-refractivity contribution in [1.29, 1.82) is 0 Å². The summed E-state index contributed by atoms with van der Waals surface area (Å²) < 4.78 is 0. The maximum absolute atomic E-state index is 11.9. The van der Waals surface area contributed by atoms with Crippen molar-refractivity contribution in [2.24, 2.45) is 11.7 Å². The highest BCUT2D eigenvalue weighted by atomic mass is 16.2. The third kappa shape index (κ3) is 5.85. The topological polar surface area (TPSA) is 58.4 Å². The van der Waals surface area contributed by atoms with Gasteiger partial charge in [0, 0.05) is 12.2 Å². The van der Waals surface area contributed by atoms with E-state index in [0.29, 0.717) is 12.3 Å². The molecule has 3 N–H and O–H groups in total. The molecule has 0 saturated carbocycles. The van der Waals surface area contributed by atoms with E-state index < -0.39 is 6.04 Å². The van der Waals surface area contributed by atoms with Gasteiger partial charge in [0.2, 0.25) is 5.91 Å². The number of nitrogens with one attached hydrogen (secondary N) is 1. The number of hydrogen-bond acceptors (Lipinski definition) is 3. The molecule has 4 heteroatoms. The minimum atomic E-state index is -0.447. The summed E-state index contributed by atoms with van der Waals surface area (Å²) in [5.41, 5.74) is 7.84. The Balaban J connectivity index is 2.63. The lowest BCUT2D eigenvalue weighted by molar-refractivity contribution is -0.117. The molecule has 0 heterocycles. The standard InChI is InChI=1S/C15H25N3O/c1-11(2)8-14(16)15(19)17-13-7-5-6-12(9-13)10-18(3)4/h5-7,9,11,14H,8,10,16H2,1-4H3,(H,17,19)/t14-/m1/s1. The van der Waals surface area contributed by atoms with E-state index in [2.05, 4.69) is 24.1 Å². The monoisotopic (exact) mass is 263 g/mol. The van der Waals surface area contributed by atoms with E-state index in [0.717, 1.165) is 12.2 Å². The molecule has 0 saturated heterocycles. The number of nitrogens with zero attached hydrogens (tertiary/aromatic N) is 1. The Morgan fingerprint density at radius 1 is 1.37 bits per heavy atom. The number of nitrogens with two attached hydrogens (primary N) is 1. The molecule has 0 fully saturated rings. The third-order valence-electron chi connectivity index (χ3n) is 2.76. The van der Waals surface area contributed by atoms with Gasteiger partial charge in [-0.3, -0.25) is 4.79 Å². The van der Waals surface area contributed by atoms with Crippen molar-refractivity contribution < 1.29 is 4.79 Å². The van der Waals surface area contributed by atoms with E-state index in [-0.39, 0.29) is 5.91 Å². The second-order valence-corrected chi connectivity index (χ2v) is 5.66. The fourth-order valence-corrected chi connectivity index (χ4v) is 1.96. The molecule has 0 aliphatic rings. The average Bonchev–Trinajstić information content (AvgIpc) is 2.27. The molecule has 0 bridgehead atoms. The lowest BCUT2D eigenvalue weighted by atomic mass is 10.0. The van der Waals surface area contributed by atoms with Crippen molar-refractivity contribution >= 4 is 11.6 Å². The van der Waals surface area contributed by atoms with Crippen LogP contribution in [0.15, 0.2) is 24.3 Å². The van der Waals surface area contributed by atoms with Gasteiger partial charge in [-0.15, -0.1) is 0 Å². The molecule has 1 amide bonds. The molecule has 19 heavy (non-hydrogen) atoms. The first-order valence-electron chi connectivity index (χ1n) is 6.68. The Morgan fingerprint density at radius 2 is 2.05 bits per heavy atom. The Bertz CT molecular complexity index is 416. The number of rotatable bonds is 6. The highest BCUT2D eigenvalue weighted by Crippen LogP contribution is 2.13. The van der Waals surface area contributed by atoms with Gasteiger partial charge in [-0.05, 0) is 44.1 Å². The lowest BCUT2D eigenvalue weighted by Gasteiger charge is -2.15. The third-order valence-corrected chi connectivity index (χ3v) is 2.76. The fraction of sp³-hybridized carbons (Fsp3) is 0.533. The first-order chi connectivity index (χ1) is 8.88. The number of amides is 1. The molecule has 0 spiro atoms. The summed E-state index contributed by atoms with van der Waals surface area (Å²) in [5, 5.41) is 2.88. The summed E-state index contributed by atoms with van der Waals surface area (Å²) in [4.78, 5) is 14.0. The molecule has 1 atom stereocenters. The number of carbonyl (C=O) groups excluding carboxylic acids is 1. The van der Waals surface area contributed by atoms with E-state index in [9.17, 15) is 4.79 Å². The first-order valence-corrected chi connectivity index (χ1v) is 6.68. The molecule has 0 aliphatic carbocycles. The quantitative estimate of drug-likeness (QED) is 0.826. The summed E-state index contributed by atoms with van der Waals surface area (Å²) in [5.74, 6) is 0.302. The summed E-state index contributed by atoms with van der Waals surface area (Å²) in [6.45, 7) is 4.97. The highest BCUT2D eigenvalue weighted by Gasteiger charge is 2.15. The Labute approximate surface area is 116 Å². The predicted molar refractivity (Wildman–Crippen MR) is 79.9 cm³/mol. The van der Waals surface area contributed by atoms with E-state index in [4.69, 9.17) is 5.73 Å². The van der Waals surface area contributed by atoms with Crippen molar-refractivity contribution in [2.75, 3.05) is 19.4 Å². The number of carbonyl (C=O) groups is 1. The van der Waals surface area contributed by atoms with Gasteiger partial charge in [-0.2, -0.15) is 0 Å². The molecular weight excluding hydrogens is 238 g/mol. The summed E-state index contributed by atoms with van der Waals surface area (Å²) in [6.07, 6.45) is 0.698. The molecular formula is C15H25N3O. The smallest absolute Gasteiger partial charge is 0.241 e. The largest absolute Gasteiger partial charge is 0.325 e. The van der Waals surface area contributed by atoms with Crippen LogP contribution in [0.1, 0.15) is 25.8 Å². The summed E-state index contributed by atoms with van der Waals surface area (Å²) in [7, 11) is 4.04. The molecule has 4 nitrogen and oxygen atoms in total. The van der Waals surface area contributed by atoms with E-state index in [1.165, 1.54) is 5.56 Å². The Morgan fingerprint density at radius 3 is 2.63 bits per heavy atom. The van der Waals surface area contributed by atoms with Gasteiger partial charge in [0.25, 0.3) is 0 Å². The molecule has 0 radical (unpaired) electrons. The second-order valence-electron chi connectivity index (χ2n) is 5.66. The molecule has 106 valence electrons. The zero-order valence-electron chi connectivity index (χ0n) is 12.3. The Kier molecular flexibility index (Phi) is 5.99. The van der Waals surface area contributed by atoms with E-state index in [1.807, 2.05) is 38.4 Å². The second kappa shape index (κ2) is 7.26. The van der Waals surface area contributed by atoms with Crippen LogP contribution < -0.4 is 11.1 Å². The minimum absolute atomic E-state index is 0.115. The van der Waals surface area contributed by atoms with Crippen LogP contribution in [0.5, 0.6) is 0 Å². The highest BCUT2D eigenvalue weighted by molar-refractivity contribution is 5.94. The van der Waals surface area contributed by atoms with E-state index in [1.54, 1.807) is 0 Å². The predicted octanol–water partition coefficient (Wildman–Crippen LogP) is 2.06. The maximum atomic E-state index is 11.9. The summed E-state index contributed by atoms with van der Waals surface area (Å²) >= 11 is 0. The zero-order chi connectivity index (χ0) is 14.4. The number of hydrogen-bond donors (Lipinski definition) is 2. The van der Waals surface area contributed by atoms with Crippen molar-refractivity contribution in [3.8, 4) is 0 Å². The van der Waals surface area contributed by atoms with Gasteiger partial charge in [-0.1, -0.05) is 26.0 Å². The van der Waals surface area contributed by atoms with Crippen molar-refractivity contribution in [3.63, 3.8) is 0 Å². The van der Waals surface area contributed by atoms with Gasteiger partial charge < -0.3 is 16.0 Å². The van der Waals surface area contributed by atoms with Gasteiger partial charge in [0.15, 0.2) is 0 Å². The van der Waals surface area contributed by atoms with Crippen LogP contribution >= 0.6 is 0 Å². The molecule has 1 rings (SSSR count). The maximum Gasteiger partial charge on any atom is 0.241 e. The van der Waals surface area contributed by atoms with Crippen LogP contribution in [0.3, 0.4) is 0 Å². The number of benzene rings is 1. The van der Waals surface area contributed by atoms with Crippen LogP contribution in [-0.4, -0.2) is 30.9 Å². The van der Waals surface area contributed by atoms with Crippen molar-refractivity contribution in [1.82, 2.24) is 4.90 Å². The minimum Gasteiger partial charge on any atom is -0.325 e. The lowest BCUT2D eigenvalue weighted by Crippen LogP contribution is -2.36. The van der Waals surface area contributed by atoms with Gasteiger partial charge >= 0.3 is 0 Å². The van der Waals surface area contributed by atoms with Crippen LogP contribution in [-0.2, 0) is 11.3 Å². The molecule has 1 aromatic carbocycles. The molecule has 1 aromatic rings. The van der Waals surface area contributed by atoms with Crippen LogP contribution in [0.2, 0.25) is 0 Å². The van der Waals surface area contributed by atoms with Crippen molar-refractivity contribution in [3.05, 3.63) is 29.8 Å². The first kappa shape index (κ1) is 15.7. The van der Waals surface area contributed by atoms with E-state index >= 15 is 0 Å². The average molecular weight is 263 g/mol. The zero-order valence-corrected chi connectivity index (χ0v) is 12.3. The summed E-state index contributed by atoms with van der Waals surface area (Å²) in [6, 6.07) is 7.42. The normalized spacial score (nSPS) is 12.8. The van der Waals surface area contributed by atoms with Crippen LogP contribution in [0.4, 0.5) is 5.69 Å². The van der Waals surface area contributed by atoms with Gasteiger partial charge in [0.05, 0.1) is 6.04 Å². The molecule has 0 aliphatic heterocycles. The molecule has 0 aromatic heterocycles.